The van der Waals surface area contributed by atoms with Gasteiger partial charge in [-0.05, 0) is 37.1 Å². The Bertz CT molecular complexity index is 504. The number of hydrogen-bond acceptors (Lipinski definition) is 5. The van der Waals surface area contributed by atoms with Crippen LogP contribution >= 0.6 is 11.8 Å². The van der Waals surface area contributed by atoms with E-state index in [1.807, 2.05) is 18.2 Å². The lowest BCUT2D eigenvalue weighted by molar-refractivity contribution is 0.283. The molecule has 0 aromatic heterocycles. The van der Waals surface area contributed by atoms with Crippen molar-refractivity contribution in [1.82, 2.24) is 0 Å². The van der Waals surface area contributed by atoms with Crippen molar-refractivity contribution in [2.24, 2.45) is 10.9 Å². The Morgan fingerprint density at radius 1 is 1.48 bits per heavy atom. The fraction of sp³-hybridized carbons (Fsp3) is 0.533. The van der Waals surface area contributed by atoms with Gasteiger partial charge in [0.15, 0.2) is 5.84 Å². The summed E-state index contributed by atoms with van der Waals surface area (Å²) < 4.78 is 0. The lowest BCUT2D eigenvalue weighted by Gasteiger charge is -2.40. The first-order valence-electron chi connectivity index (χ1n) is 7.34. The van der Waals surface area contributed by atoms with Gasteiger partial charge in [0.2, 0.25) is 0 Å². The second kappa shape index (κ2) is 7.56. The molecule has 0 heterocycles. The minimum absolute atomic E-state index is 0.0945. The van der Waals surface area contributed by atoms with Crippen molar-refractivity contribution in [3.05, 3.63) is 23.8 Å². The zero-order valence-corrected chi connectivity index (χ0v) is 13.1. The summed E-state index contributed by atoms with van der Waals surface area (Å²) >= 11 is 1.67. The predicted molar refractivity (Wildman–Crippen MR) is 87.4 cm³/mol. The van der Waals surface area contributed by atoms with E-state index in [1.165, 1.54) is 6.42 Å². The molecule has 1 saturated carbocycles. The number of aliphatic hydroxyl groups excluding tert-OH is 1. The SMILES string of the molecule is CCSc1cccc(N(CCO)C2CCC2)c1/C(N)=N/O. The monoisotopic (exact) mass is 309 g/mol. The molecule has 0 spiro atoms. The molecule has 0 amide bonds. The Hall–Kier alpha value is -1.40. The van der Waals surface area contributed by atoms with E-state index in [1.54, 1.807) is 11.8 Å². The smallest absolute Gasteiger partial charge is 0.173 e. The number of amidine groups is 1. The minimum atomic E-state index is 0.0945. The van der Waals surface area contributed by atoms with Gasteiger partial charge in [0.05, 0.1) is 12.2 Å². The Labute approximate surface area is 129 Å². The fourth-order valence-corrected chi connectivity index (χ4v) is 3.49. The number of thioether (sulfide) groups is 1. The number of anilines is 1. The third-order valence-electron chi connectivity index (χ3n) is 3.83. The highest BCUT2D eigenvalue weighted by Gasteiger charge is 2.28. The van der Waals surface area contributed by atoms with Crippen LogP contribution < -0.4 is 10.6 Å². The number of nitrogens with zero attached hydrogens (tertiary/aromatic N) is 2. The van der Waals surface area contributed by atoms with E-state index < -0.39 is 0 Å². The fourth-order valence-electron chi connectivity index (χ4n) is 2.65. The molecule has 0 radical (unpaired) electrons. The number of oxime groups is 1. The van der Waals surface area contributed by atoms with Gasteiger partial charge >= 0.3 is 0 Å². The zero-order valence-electron chi connectivity index (χ0n) is 12.3. The number of aliphatic hydroxyl groups is 1. The first kappa shape index (κ1) is 16.0. The second-order valence-corrected chi connectivity index (χ2v) is 6.38. The van der Waals surface area contributed by atoms with Crippen molar-refractivity contribution in [3.8, 4) is 0 Å². The normalized spacial score (nSPS) is 15.8. The summed E-state index contributed by atoms with van der Waals surface area (Å²) in [5, 5.41) is 21.7. The van der Waals surface area contributed by atoms with Gasteiger partial charge in [-0.15, -0.1) is 11.8 Å². The van der Waals surface area contributed by atoms with Gasteiger partial charge in [-0.2, -0.15) is 0 Å². The van der Waals surface area contributed by atoms with Crippen molar-refractivity contribution < 1.29 is 10.3 Å². The van der Waals surface area contributed by atoms with E-state index in [2.05, 4.69) is 17.0 Å². The van der Waals surface area contributed by atoms with Crippen LogP contribution in [0.2, 0.25) is 0 Å². The van der Waals surface area contributed by atoms with Crippen molar-refractivity contribution in [2.45, 2.75) is 37.1 Å². The molecule has 0 unspecified atom stereocenters. The molecule has 0 atom stereocenters. The van der Waals surface area contributed by atoms with E-state index in [9.17, 15) is 5.11 Å². The van der Waals surface area contributed by atoms with E-state index in [-0.39, 0.29) is 12.4 Å². The van der Waals surface area contributed by atoms with Crippen LogP contribution in [0.25, 0.3) is 0 Å². The molecule has 6 heteroatoms. The lowest BCUT2D eigenvalue weighted by atomic mass is 9.90. The van der Waals surface area contributed by atoms with Crippen molar-refractivity contribution in [2.75, 3.05) is 23.8 Å². The molecular weight excluding hydrogens is 286 g/mol. The van der Waals surface area contributed by atoms with Crippen LogP contribution in [0.15, 0.2) is 28.3 Å². The molecule has 1 aromatic carbocycles. The Balaban J connectivity index is 2.46. The third kappa shape index (κ3) is 3.44. The van der Waals surface area contributed by atoms with Crippen LogP contribution in [-0.2, 0) is 0 Å². The molecule has 1 aliphatic rings. The largest absolute Gasteiger partial charge is 0.409 e. The van der Waals surface area contributed by atoms with E-state index >= 15 is 0 Å². The standard InChI is InChI=1S/C15H23N3O2S/c1-2-21-13-8-4-7-12(14(13)15(16)17-20)18(9-10-19)11-5-3-6-11/h4,7-8,11,19-20H,2-3,5-6,9-10H2,1H3,(H2,16,17). The van der Waals surface area contributed by atoms with E-state index in [0.717, 1.165) is 34.7 Å². The van der Waals surface area contributed by atoms with Gasteiger partial charge in [-0.3, -0.25) is 0 Å². The highest BCUT2D eigenvalue weighted by Crippen LogP contribution is 2.35. The van der Waals surface area contributed by atoms with Gasteiger partial charge in [0, 0.05) is 23.2 Å². The first-order valence-corrected chi connectivity index (χ1v) is 8.32. The zero-order chi connectivity index (χ0) is 15.2. The molecule has 1 fully saturated rings. The Morgan fingerprint density at radius 3 is 2.76 bits per heavy atom. The van der Waals surface area contributed by atoms with Gasteiger partial charge < -0.3 is 20.9 Å². The molecule has 4 N–H and O–H groups in total. The van der Waals surface area contributed by atoms with Gasteiger partial charge in [0.25, 0.3) is 0 Å². The maximum absolute atomic E-state index is 9.37. The van der Waals surface area contributed by atoms with Gasteiger partial charge in [-0.25, -0.2) is 0 Å². The number of nitrogens with two attached hydrogens (primary N) is 1. The topological polar surface area (TPSA) is 82.1 Å². The molecule has 116 valence electrons. The van der Waals surface area contributed by atoms with E-state index in [4.69, 9.17) is 10.9 Å². The number of hydrogen-bond donors (Lipinski definition) is 3. The summed E-state index contributed by atoms with van der Waals surface area (Å²) in [4.78, 5) is 3.20. The maximum atomic E-state index is 9.37. The van der Waals surface area contributed by atoms with Crippen molar-refractivity contribution >= 4 is 23.3 Å². The summed E-state index contributed by atoms with van der Waals surface area (Å²) in [6.07, 6.45) is 3.47. The molecule has 0 saturated heterocycles. The predicted octanol–water partition coefficient (Wildman–Crippen LogP) is 2.24. The summed E-state index contributed by atoms with van der Waals surface area (Å²) in [5.74, 6) is 1.04. The summed E-state index contributed by atoms with van der Waals surface area (Å²) in [6.45, 7) is 2.73. The molecular formula is C15H23N3O2S. The van der Waals surface area contributed by atoms with Crippen LogP contribution in [-0.4, -0.2) is 41.1 Å². The molecule has 5 nitrogen and oxygen atoms in total. The molecule has 21 heavy (non-hydrogen) atoms. The quantitative estimate of drug-likeness (QED) is 0.237. The molecule has 0 aliphatic heterocycles. The average Bonchev–Trinajstić information content (AvgIpc) is 2.44. The first-order chi connectivity index (χ1) is 10.2. The summed E-state index contributed by atoms with van der Waals surface area (Å²) in [7, 11) is 0. The average molecular weight is 309 g/mol. The third-order valence-corrected chi connectivity index (χ3v) is 4.77. The van der Waals surface area contributed by atoms with Gasteiger partial charge in [0.1, 0.15) is 0 Å². The van der Waals surface area contributed by atoms with Crippen molar-refractivity contribution in [1.29, 1.82) is 0 Å². The maximum Gasteiger partial charge on any atom is 0.173 e. The molecule has 2 rings (SSSR count). The Morgan fingerprint density at radius 2 is 2.24 bits per heavy atom. The van der Waals surface area contributed by atoms with Crippen molar-refractivity contribution in [3.63, 3.8) is 0 Å². The number of rotatable bonds is 7. The second-order valence-electron chi connectivity index (χ2n) is 5.07. The van der Waals surface area contributed by atoms with Gasteiger partial charge in [-0.1, -0.05) is 18.1 Å². The van der Waals surface area contributed by atoms with Crippen LogP contribution in [0.3, 0.4) is 0 Å². The summed E-state index contributed by atoms with van der Waals surface area (Å²) in [6, 6.07) is 6.40. The highest BCUT2D eigenvalue weighted by atomic mass is 32.2. The molecule has 0 bridgehead atoms. The molecule has 1 aromatic rings. The van der Waals surface area contributed by atoms with E-state index in [0.29, 0.717) is 12.6 Å². The highest BCUT2D eigenvalue weighted by molar-refractivity contribution is 7.99. The summed E-state index contributed by atoms with van der Waals surface area (Å²) in [5.41, 5.74) is 7.63. The van der Waals surface area contributed by atoms with Crippen LogP contribution in [0, 0.1) is 0 Å². The minimum Gasteiger partial charge on any atom is -0.409 e. The van der Waals surface area contributed by atoms with Crippen LogP contribution in [0.4, 0.5) is 5.69 Å². The van der Waals surface area contributed by atoms with Crippen LogP contribution in [0.5, 0.6) is 0 Å². The molecule has 1 aliphatic carbocycles. The number of benzene rings is 1. The van der Waals surface area contributed by atoms with Crippen LogP contribution in [0.1, 0.15) is 31.7 Å². The Kier molecular flexibility index (Phi) is 5.76. The lowest BCUT2D eigenvalue weighted by Crippen LogP contribution is -2.43.